The normalized spacial score (nSPS) is 16.3. The molecule has 0 amide bonds. The lowest BCUT2D eigenvalue weighted by Crippen LogP contribution is -2.33. The Morgan fingerprint density at radius 3 is 2.33 bits per heavy atom. The number of hydrogen-bond acceptors (Lipinski definition) is 4. The van der Waals surface area contributed by atoms with Crippen molar-refractivity contribution < 1.29 is 17.2 Å². The first kappa shape index (κ1) is 17.9. The maximum Gasteiger partial charge on any atom is 0.341 e. The van der Waals surface area contributed by atoms with Crippen molar-refractivity contribution in [2.45, 2.75) is 29.4 Å². The second-order valence-electron chi connectivity index (χ2n) is 6.70. The Morgan fingerprint density at radius 1 is 1.04 bits per heavy atom. The van der Waals surface area contributed by atoms with Crippen LogP contribution in [0.4, 0.5) is 14.5 Å². The van der Waals surface area contributed by atoms with Gasteiger partial charge in [-0.2, -0.15) is 8.78 Å². The summed E-state index contributed by atoms with van der Waals surface area (Å²) in [5.74, 6) is -2.07. The predicted molar refractivity (Wildman–Crippen MR) is 99.9 cm³/mol. The van der Waals surface area contributed by atoms with E-state index in [1.807, 2.05) is 24.3 Å². The van der Waals surface area contributed by atoms with Crippen molar-refractivity contribution in [3.05, 3.63) is 54.4 Å². The minimum atomic E-state index is -4.55. The number of fused-ring (bicyclic) bond motifs is 1. The van der Waals surface area contributed by atoms with E-state index in [-0.39, 0.29) is 4.90 Å². The van der Waals surface area contributed by atoms with Gasteiger partial charge >= 0.3 is 5.76 Å². The van der Waals surface area contributed by atoms with Gasteiger partial charge in [0, 0.05) is 24.7 Å². The molecule has 3 aromatic rings. The van der Waals surface area contributed by atoms with Crippen LogP contribution in [0.2, 0.25) is 0 Å². The van der Waals surface area contributed by atoms with Crippen molar-refractivity contribution in [1.82, 2.24) is 9.97 Å². The topological polar surface area (TPSA) is 66.1 Å². The average molecular weight is 391 g/mol. The van der Waals surface area contributed by atoms with Crippen LogP contribution >= 0.6 is 0 Å². The molecular formula is C19H19F2N3O2S. The van der Waals surface area contributed by atoms with Gasteiger partial charge in [0.15, 0.2) is 0 Å². The van der Waals surface area contributed by atoms with Crippen molar-refractivity contribution in [3.63, 3.8) is 0 Å². The third-order valence-electron chi connectivity index (χ3n) is 5.05. The summed E-state index contributed by atoms with van der Waals surface area (Å²) in [4.78, 5) is 9.85. The highest BCUT2D eigenvalue weighted by Gasteiger charge is 2.27. The zero-order chi connectivity index (χ0) is 19.0. The summed E-state index contributed by atoms with van der Waals surface area (Å²) < 4.78 is 48.3. The highest BCUT2D eigenvalue weighted by molar-refractivity contribution is 7.91. The molecule has 1 saturated heterocycles. The maximum absolute atomic E-state index is 12.6. The summed E-state index contributed by atoms with van der Waals surface area (Å²) in [6.07, 6.45) is 1.83. The molecule has 0 aliphatic carbocycles. The number of sulfone groups is 1. The van der Waals surface area contributed by atoms with E-state index in [0.29, 0.717) is 5.92 Å². The van der Waals surface area contributed by atoms with Gasteiger partial charge in [-0.15, -0.1) is 0 Å². The van der Waals surface area contributed by atoms with Gasteiger partial charge in [-0.3, -0.25) is 0 Å². The number of aromatic amines is 1. The molecular weight excluding hydrogens is 372 g/mol. The molecule has 0 unspecified atom stereocenters. The van der Waals surface area contributed by atoms with Crippen LogP contribution in [0.25, 0.3) is 11.0 Å². The number of aromatic nitrogens is 2. The van der Waals surface area contributed by atoms with Gasteiger partial charge in [0.05, 0.1) is 15.9 Å². The average Bonchev–Trinajstić information content (AvgIpc) is 3.12. The second kappa shape index (κ2) is 6.92. The predicted octanol–water partition coefficient (Wildman–Crippen LogP) is 3.94. The molecule has 1 aromatic heterocycles. The summed E-state index contributed by atoms with van der Waals surface area (Å²) >= 11 is 0. The van der Waals surface area contributed by atoms with Gasteiger partial charge < -0.3 is 9.88 Å². The standard InChI is InChI=1S/C19H19F2N3O2S/c20-19(21)27(25,26)15-7-5-14(6-8-15)24-11-9-13(10-12-24)18-22-16-3-1-2-4-17(16)23-18/h1-8,13,19H,9-12H2,(H,22,23). The van der Waals surface area contributed by atoms with Crippen LogP contribution in [0.5, 0.6) is 0 Å². The van der Waals surface area contributed by atoms with Crippen molar-refractivity contribution in [1.29, 1.82) is 0 Å². The number of imidazole rings is 1. The molecule has 2 aromatic carbocycles. The minimum Gasteiger partial charge on any atom is -0.371 e. The molecule has 1 N–H and O–H groups in total. The number of halogens is 2. The lowest BCUT2D eigenvalue weighted by molar-refractivity contribution is 0.234. The SMILES string of the molecule is O=S(=O)(c1ccc(N2CCC(c3nc4ccccc4[nH]3)CC2)cc1)C(F)F. The fraction of sp³-hybridized carbons (Fsp3) is 0.316. The van der Waals surface area contributed by atoms with Crippen LogP contribution in [0.3, 0.4) is 0 Å². The number of nitrogens with one attached hydrogen (secondary N) is 1. The first-order valence-corrected chi connectivity index (χ1v) is 10.3. The van der Waals surface area contributed by atoms with E-state index < -0.39 is 15.6 Å². The monoisotopic (exact) mass is 391 g/mol. The fourth-order valence-electron chi connectivity index (χ4n) is 3.53. The summed E-state index contributed by atoms with van der Waals surface area (Å²) in [5, 5.41) is 0. The number of alkyl halides is 2. The van der Waals surface area contributed by atoms with E-state index in [4.69, 9.17) is 0 Å². The number of benzene rings is 2. The van der Waals surface area contributed by atoms with Crippen LogP contribution in [-0.4, -0.2) is 37.2 Å². The lowest BCUT2D eigenvalue weighted by Gasteiger charge is -2.33. The highest BCUT2D eigenvalue weighted by Crippen LogP contribution is 2.31. The van der Waals surface area contributed by atoms with Gasteiger partial charge in [0.2, 0.25) is 9.84 Å². The largest absolute Gasteiger partial charge is 0.371 e. The Bertz CT molecular complexity index is 1010. The Morgan fingerprint density at radius 2 is 1.70 bits per heavy atom. The maximum atomic E-state index is 12.6. The summed E-state index contributed by atoms with van der Waals surface area (Å²) in [7, 11) is -4.55. The Hall–Kier alpha value is -2.48. The fourth-order valence-corrected chi connectivity index (χ4v) is 4.25. The number of anilines is 1. The lowest BCUT2D eigenvalue weighted by atomic mass is 9.96. The molecule has 4 rings (SSSR count). The van der Waals surface area contributed by atoms with Gasteiger partial charge in [0.25, 0.3) is 0 Å². The van der Waals surface area contributed by atoms with Crippen molar-refractivity contribution >= 4 is 26.6 Å². The number of nitrogens with zero attached hydrogens (tertiary/aromatic N) is 2. The van der Waals surface area contributed by atoms with E-state index in [1.165, 1.54) is 12.1 Å². The molecule has 5 nitrogen and oxygen atoms in total. The van der Waals surface area contributed by atoms with Crippen LogP contribution < -0.4 is 4.90 Å². The molecule has 0 spiro atoms. The molecule has 2 heterocycles. The van der Waals surface area contributed by atoms with E-state index in [0.717, 1.165) is 48.5 Å². The number of H-pyrrole nitrogens is 1. The van der Waals surface area contributed by atoms with Crippen LogP contribution in [0, 0.1) is 0 Å². The molecule has 1 aliphatic heterocycles. The Labute approximate surface area is 155 Å². The molecule has 1 aliphatic rings. The smallest absolute Gasteiger partial charge is 0.341 e. The summed E-state index contributed by atoms with van der Waals surface area (Å²) in [6.45, 7) is 1.59. The third kappa shape index (κ3) is 3.41. The van der Waals surface area contributed by atoms with E-state index >= 15 is 0 Å². The van der Waals surface area contributed by atoms with Crippen LogP contribution in [0.15, 0.2) is 53.4 Å². The molecule has 1 fully saturated rings. The van der Waals surface area contributed by atoms with Gasteiger partial charge in [-0.1, -0.05) is 12.1 Å². The van der Waals surface area contributed by atoms with Crippen LogP contribution in [0.1, 0.15) is 24.6 Å². The Kier molecular flexibility index (Phi) is 4.59. The molecule has 8 heteroatoms. The first-order valence-electron chi connectivity index (χ1n) is 8.77. The van der Waals surface area contributed by atoms with Crippen molar-refractivity contribution in [2.24, 2.45) is 0 Å². The van der Waals surface area contributed by atoms with Crippen molar-refractivity contribution in [3.8, 4) is 0 Å². The van der Waals surface area contributed by atoms with E-state index in [9.17, 15) is 17.2 Å². The van der Waals surface area contributed by atoms with Gasteiger partial charge in [-0.05, 0) is 49.2 Å². The zero-order valence-corrected chi connectivity index (χ0v) is 15.3. The number of rotatable bonds is 4. The van der Waals surface area contributed by atoms with Gasteiger partial charge in [-0.25, -0.2) is 13.4 Å². The van der Waals surface area contributed by atoms with E-state index in [1.54, 1.807) is 12.1 Å². The van der Waals surface area contributed by atoms with Crippen LogP contribution in [-0.2, 0) is 9.84 Å². The molecule has 142 valence electrons. The number of piperidine rings is 1. The highest BCUT2D eigenvalue weighted by atomic mass is 32.2. The summed E-state index contributed by atoms with van der Waals surface area (Å²) in [6, 6.07) is 13.6. The summed E-state index contributed by atoms with van der Waals surface area (Å²) in [5.41, 5.74) is 2.84. The third-order valence-corrected chi connectivity index (χ3v) is 6.45. The Balaban J connectivity index is 1.44. The molecule has 0 saturated carbocycles. The van der Waals surface area contributed by atoms with Crippen molar-refractivity contribution in [2.75, 3.05) is 18.0 Å². The molecule has 27 heavy (non-hydrogen) atoms. The second-order valence-corrected chi connectivity index (χ2v) is 8.62. The quantitative estimate of drug-likeness (QED) is 0.732. The molecule has 0 bridgehead atoms. The van der Waals surface area contributed by atoms with Gasteiger partial charge in [0.1, 0.15) is 5.82 Å². The molecule has 0 atom stereocenters. The van der Waals surface area contributed by atoms with E-state index in [2.05, 4.69) is 14.9 Å². The number of para-hydroxylation sites is 2. The molecule has 0 radical (unpaired) electrons. The zero-order valence-electron chi connectivity index (χ0n) is 14.5. The first-order chi connectivity index (χ1) is 12.9. The minimum absolute atomic E-state index is 0.340. The number of hydrogen-bond donors (Lipinski definition) is 1.